The summed E-state index contributed by atoms with van der Waals surface area (Å²) in [5.41, 5.74) is 0.801. The molecule has 2 aromatic rings. The van der Waals surface area contributed by atoms with E-state index in [2.05, 4.69) is 25.5 Å². The topological polar surface area (TPSA) is 124 Å². The van der Waals surface area contributed by atoms with Gasteiger partial charge < -0.3 is 10.2 Å². The number of aromatic amines is 1. The molecular formula is C16H19N7O3. The van der Waals surface area contributed by atoms with Crippen molar-refractivity contribution in [1.29, 1.82) is 0 Å². The molecule has 1 aliphatic heterocycles. The molecule has 1 saturated heterocycles. The average molecular weight is 357 g/mol. The Kier molecular flexibility index (Phi) is 4.92. The summed E-state index contributed by atoms with van der Waals surface area (Å²) in [6, 6.07) is 2.50. The van der Waals surface area contributed by atoms with Crippen LogP contribution in [0.1, 0.15) is 12.2 Å². The molecule has 0 unspecified atom stereocenters. The molecule has 0 saturated carbocycles. The van der Waals surface area contributed by atoms with E-state index in [1.807, 2.05) is 6.07 Å². The third-order valence-corrected chi connectivity index (χ3v) is 4.19. The van der Waals surface area contributed by atoms with Crippen molar-refractivity contribution >= 4 is 17.8 Å². The quantitative estimate of drug-likeness (QED) is 0.691. The van der Waals surface area contributed by atoms with Gasteiger partial charge in [0, 0.05) is 45.0 Å². The van der Waals surface area contributed by atoms with Gasteiger partial charge in [-0.1, -0.05) is 0 Å². The summed E-state index contributed by atoms with van der Waals surface area (Å²) in [5, 5.41) is 9.67. The van der Waals surface area contributed by atoms with Gasteiger partial charge in [0.25, 0.3) is 5.91 Å². The maximum atomic E-state index is 12.0. The van der Waals surface area contributed by atoms with Gasteiger partial charge in [0.2, 0.25) is 5.91 Å². The fourth-order valence-electron chi connectivity index (χ4n) is 2.68. The normalized spacial score (nSPS) is 17.1. The molecule has 136 valence electrons. The molecule has 0 aromatic carbocycles. The van der Waals surface area contributed by atoms with Crippen LogP contribution in [0.15, 0.2) is 24.5 Å². The number of urea groups is 1. The van der Waals surface area contributed by atoms with E-state index in [0.29, 0.717) is 24.6 Å². The number of likely N-dealkylation sites (N-methyl/N-ethyl adjacent to an activating group) is 2. The van der Waals surface area contributed by atoms with Gasteiger partial charge >= 0.3 is 6.03 Å². The van der Waals surface area contributed by atoms with E-state index < -0.39 is 12.1 Å². The number of rotatable bonds is 6. The van der Waals surface area contributed by atoms with Crippen LogP contribution < -0.4 is 5.32 Å². The van der Waals surface area contributed by atoms with Crippen LogP contribution in [-0.2, 0) is 16.0 Å². The molecule has 26 heavy (non-hydrogen) atoms. The second-order valence-corrected chi connectivity index (χ2v) is 5.96. The molecule has 0 radical (unpaired) electrons. The maximum absolute atomic E-state index is 12.0. The Morgan fingerprint density at radius 3 is 2.81 bits per heavy atom. The van der Waals surface area contributed by atoms with Crippen LogP contribution in [0.2, 0.25) is 0 Å². The lowest BCUT2D eigenvalue weighted by atomic mass is 10.2. The van der Waals surface area contributed by atoms with Gasteiger partial charge in [0.15, 0.2) is 5.82 Å². The third kappa shape index (κ3) is 3.53. The highest BCUT2D eigenvalue weighted by Gasteiger charge is 2.41. The summed E-state index contributed by atoms with van der Waals surface area (Å²) in [7, 11) is 2.92. The van der Waals surface area contributed by atoms with Crippen LogP contribution in [0.5, 0.6) is 0 Å². The van der Waals surface area contributed by atoms with Crippen molar-refractivity contribution < 1.29 is 14.4 Å². The Labute approximate surface area is 149 Å². The van der Waals surface area contributed by atoms with Crippen LogP contribution >= 0.6 is 0 Å². The van der Waals surface area contributed by atoms with Crippen molar-refractivity contribution in [3.8, 4) is 11.4 Å². The first kappa shape index (κ1) is 17.5. The van der Waals surface area contributed by atoms with Crippen molar-refractivity contribution in [1.82, 2.24) is 35.3 Å². The summed E-state index contributed by atoms with van der Waals surface area (Å²) < 4.78 is 0. The first-order valence-electron chi connectivity index (χ1n) is 8.10. The van der Waals surface area contributed by atoms with Gasteiger partial charge in [-0.05, 0) is 12.1 Å². The first-order valence-corrected chi connectivity index (χ1v) is 8.10. The molecule has 10 heteroatoms. The second kappa shape index (κ2) is 7.30. The highest BCUT2D eigenvalue weighted by Crippen LogP contribution is 2.16. The van der Waals surface area contributed by atoms with E-state index in [0.717, 1.165) is 10.5 Å². The zero-order chi connectivity index (χ0) is 18.7. The smallest absolute Gasteiger partial charge is 0.326 e. The van der Waals surface area contributed by atoms with E-state index in [1.54, 1.807) is 18.5 Å². The Morgan fingerprint density at radius 1 is 1.35 bits per heavy atom. The third-order valence-electron chi connectivity index (χ3n) is 4.19. The van der Waals surface area contributed by atoms with E-state index in [4.69, 9.17) is 0 Å². The van der Waals surface area contributed by atoms with Gasteiger partial charge in [-0.15, -0.1) is 0 Å². The van der Waals surface area contributed by atoms with E-state index in [-0.39, 0.29) is 18.2 Å². The number of H-pyrrole nitrogens is 1. The molecule has 0 aliphatic carbocycles. The molecule has 3 rings (SSSR count). The largest absolute Gasteiger partial charge is 0.356 e. The van der Waals surface area contributed by atoms with Gasteiger partial charge in [-0.25, -0.2) is 9.78 Å². The minimum atomic E-state index is -0.755. The fourth-order valence-corrected chi connectivity index (χ4v) is 2.68. The van der Waals surface area contributed by atoms with Crippen LogP contribution in [-0.4, -0.2) is 74.5 Å². The summed E-state index contributed by atoms with van der Waals surface area (Å²) in [5.74, 6) is 0.501. The van der Waals surface area contributed by atoms with E-state index >= 15 is 0 Å². The number of nitrogens with one attached hydrogen (secondary N) is 2. The molecule has 1 fully saturated rings. The van der Waals surface area contributed by atoms with Crippen LogP contribution in [0.4, 0.5) is 4.79 Å². The average Bonchev–Trinajstić information content (AvgIpc) is 3.19. The first-order chi connectivity index (χ1) is 12.5. The minimum Gasteiger partial charge on any atom is -0.356 e. The molecule has 2 N–H and O–H groups in total. The fraction of sp³-hybridized carbons (Fsp3) is 0.375. The number of amides is 4. The van der Waals surface area contributed by atoms with Crippen molar-refractivity contribution in [3.05, 3.63) is 30.4 Å². The molecule has 0 spiro atoms. The number of carbonyl (C=O) groups excluding carboxylic acids is 3. The molecule has 2 aromatic heterocycles. The van der Waals surface area contributed by atoms with Crippen molar-refractivity contribution in [2.45, 2.75) is 18.9 Å². The zero-order valence-electron chi connectivity index (χ0n) is 14.5. The summed E-state index contributed by atoms with van der Waals surface area (Å²) >= 11 is 0. The predicted molar refractivity (Wildman–Crippen MR) is 90.7 cm³/mol. The lowest BCUT2D eigenvalue weighted by Crippen LogP contribution is -2.38. The Balaban J connectivity index is 1.48. The Bertz CT molecular complexity index is 820. The zero-order valence-corrected chi connectivity index (χ0v) is 14.5. The number of imide groups is 1. The lowest BCUT2D eigenvalue weighted by Gasteiger charge is -2.15. The number of nitrogens with zero attached hydrogens (tertiary/aromatic N) is 5. The highest BCUT2D eigenvalue weighted by atomic mass is 16.2. The lowest BCUT2D eigenvalue weighted by molar-refractivity contribution is -0.131. The molecule has 0 bridgehead atoms. The Morgan fingerprint density at radius 2 is 2.15 bits per heavy atom. The standard InChI is InChI=1S/C16H19N7O3/c1-22-11(15(25)23(2)16(22)26)8-13(24)18-7-5-12-19-14(21-20-12)10-4-3-6-17-9-10/h3-4,6,9,11H,5,7-8H2,1-2H3,(H,18,24)(H,19,20,21)/t11-/m0/s1. The Hall–Kier alpha value is -3.30. The number of aromatic nitrogens is 4. The predicted octanol–water partition coefficient (Wildman–Crippen LogP) is -0.192. The highest BCUT2D eigenvalue weighted by molar-refractivity contribution is 6.05. The van der Waals surface area contributed by atoms with Crippen molar-refractivity contribution in [2.75, 3.05) is 20.6 Å². The number of hydrogen-bond acceptors (Lipinski definition) is 6. The van der Waals surface area contributed by atoms with Gasteiger partial charge in [0.05, 0.1) is 6.42 Å². The summed E-state index contributed by atoms with van der Waals surface area (Å²) in [6.07, 6.45) is 3.74. The molecule has 1 atom stereocenters. The molecule has 3 heterocycles. The maximum Gasteiger partial charge on any atom is 0.326 e. The van der Waals surface area contributed by atoms with Crippen LogP contribution in [0.25, 0.3) is 11.4 Å². The molecule has 1 aliphatic rings. The van der Waals surface area contributed by atoms with Crippen LogP contribution in [0, 0.1) is 0 Å². The van der Waals surface area contributed by atoms with E-state index in [9.17, 15) is 14.4 Å². The number of pyridine rings is 1. The summed E-state index contributed by atoms with van der Waals surface area (Å²) in [6.45, 7) is 0.342. The number of hydrogen-bond donors (Lipinski definition) is 2. The minimum absolute atomic E-state index is 0.0667. The molecule has 4 amide bonds. The van der Waals surface area contributed by atoms with Gasteiger partial charge in [0.1, 0.15) is 11.9 Å². The number of carbonyl (C=O) groups is 3. The molecule has 10 nitrogen and oxygen atoms in total. The SMILES string of the molecule is CN1C(=O)[C@H](CC(=O)NCCc2nc(-c3cccnc3)n[nH]2)N(C)C1=O. The summed E-state index contributed by atoms with van der Waals surface area (Å²) in [4.78, 5) is 46.4. The monoisotopic (exact) mass is 357 g/mol. The van der Waals surface area contributed by atoms with Crippen molar-refractivity contribution in [2.24, 2.45) is 0 Å². The van der Waals surface area contributed by atoms with Crippen molar-refractivity contribution in [3.63, 3.8) is 0 Å². The van der Waals surface area contributed by atoms with Gasteiger partial charge in [-0.3, -0.25) is 24.6 Å². The van der Waals surface area contributed by atoms with E-state index in [1.165, 1.54) is 19.0 Å². The second-order valence-electron chi connectivity index (χ2n) is 5.96. The van der Waals surface area contributed by atoms with Gasteiger partial charge in [-0.2, -0.15) is 5.10 Å². The van der Waals surface area contributed by atoms with Crippen LogP contribution in [0.3, 0.4) is 0 Å². The molecular weight excluding hydrogens is 338 g/mol.